The van der Waals surface area contributed by atoms with Crippen LogP contribution in [0, 0.1) is 11.6 Å². The van der Waals surface area contributed by atoms with Gasteiger partial charge in [-0.05, 0) is 31.9 Å². The van der Waals surface area contributed by atoms with Gasteiger partial charge in [0.25, 0.3) is 0 Å². The second-order valence-corrected chi connectivity index (χ2v) is 5.23. The molecule has 2 rings (SSSR count). The van der Waals surface area contributed by atoms with Crippen molar-refractivity contribution in [1.29, 1.82) is 0 Å². The lowest BCUT2D eigenvalue weighted by atomic mass is 10.1. The molecule has 0 spiro atoms. The van der Waals surface area contributed by atoms with Gasteiger partial charge in [0.15, 0.2) is 0 Å². The Morgan fingerprint density at radius 2 is 1.90 bits per heavy atom. The number of ether oxygens (including phenoxy) is 1. The Labute approximate surface area is 122 Å². The third-order valence-electron chi connectivity index (χ3n) is 3.46. The van der Waals surface area contributed by atoms with Gasteiger partial charge in [-0.2, -0.15) is 0 Å². The first-order chi connectivity index (χ1) is 9.52. The van der Waals surface area contributed by atoms with E-state index >= 15 is 0 Å². The van der Waals surface area contributed by atoms with E-state index in [0.717, 1.165) is 12.8 Å². The fourth-order valence-corrected chi connectivity index (χ4v) is 2.61. The predicted molar refractivity (Wildman–Crippen MR) is 79.1 cm³/mol. The van der Waals surface area contributed by atoms with Crippen LogP contribution < -0.4 is 10.6 Å². The van der Waals surface area contributed by atoms with Crippen LogP contribution in [-0.2, 0) is 4.74 Å². The van der Waals surface area contributed by atoms with Crippen molar-refractivity contribution in [2.24, 2.45) is 5.73 Å². The lowest BCUT2D eigenvalue weighted by Gasteiger charge is -2.33. The van der Waals surface area contributed by atoms with Crippen molar-refractivity contribution in [3.05, 3.63) is 29.3 Å². The average Bonchev–Trinajstić information content (AvgIpc) is 2.40. The van der Waals surface area contributed by atoms with Crippen molar-refractivity contribution in [3.63, 3.8) is 0 Å². The van der Waals surface area contributed by atoms with Gasteiger partial charge in [-0.1, -0.05) is 12.2 Å². The van der Waals surface area contributed by atoms with Gasteiger partial charge in [0.1, 0.15) is 22.3 Å². The zero-order valence-electron chi connectivity index (χ0n) is 11.4. The maximum absolute atomic E-state index is 14.1. The fourth-order valence-electron chi connectivity index (χ4n) is 2.49. The maximum atomic E-state index is 14.1. The van der Waals surface area contributed by atoms with E-state index in [1.54, 1.807) is 4.90 Å². The summed E-state index contributed by atoms with van der Waals surface area (Å²) in [5, 5.41) is 0. The molecule has 1 aliphatic heterocycles. The van der Waals surface area contributed by atoms with Gasteiger partial charge in [-0.15, -0.1) is 0 Å². The van der Waals surface area contributed by atoms with Crippen molar-refractivity contribution in [1.82, 2.24) is 0 Å². The Morgan fingerprint density at radius 1 is 1.35 bits per heavy atom. The Bertz CT molecular complexity index is 479. The van der Waals surface area contributed by atoms with Gasteiger partial charge in [-0.25, -0.2) is 8.78 Å². The monoisotopic (exact) mass is 300 g/mol. The molecule has 1 heterocycles. The normalized spacial score (nSPS) is 16.4. The van der Waals surface area contributed by atoms with Crippen LogP contribution in [0.1, 0.15) is 25.3 Å². The van der Waals surface area contributed by atoms with Crippen LogP contribution in [0.2, 0.25) is 0 Å². The maximum Gasteiger partial charge on any atom is 0.150 e. The second kappa shape index (κ2) is 6.45. The summed E-state index contributed by atoms with van der Waals surface area (Å²) in [5.74, 6) is -1.25. The molecule has 2 N–H and O–H groups in total. The highest BCUT2D eigenvalue weighted by molar-refractivity contribution is 7.80. The molecule has 0 unspecified atom stereocenters. The molecule has 1 aliphatic rings. The number of nitrogens with two attached hydrogens (primary N) is 1. The van der Waals surface area contributed by atoms with Gasteiger partial charge >= 0.3 is 0 Å². The van der Waals surface area contributed by atoms with Crippen LogP contribution >= 0.6 is 12.2 Å². The number of nitrogens with zero attached hydrogens (tertiary/aromatic N) is 1. The first kappa shape index (κ1) is 15.1. The van der Waals surface area contributed by atoms with Crippen molar-refractivity contribution in [3.8, 4) is 0 Å². The number of anilines is 1. The molecule has 0 bridgehead atoms. The standard InChI is InChI=1S/C14H18F2N2OS/c1-2-19-10-3-5-18(6-4-10)13-11(15)7-9(14(17)20)8-12(13)16/h7-8,10H,2-6H2,1H3,(H2,17,20). The number of piperidine rings is 1. The number of benzene rings is 1. The van der Waals surface area contributed by atoms with Crippen LogP contribution in [0.3, 0.4) is 0 Å². The summed E-state index contributed by atoms with van der Waals surface area (Å²) in [7, 11) is 0. The molecule has 0 saturated carbocycles. The molecule has 3 nitrogen and oxygen atoms in total. The van der Waals surface area contributed by atoms with Crippen LogP contribution in [0.15, 0.2) is 12.1 Å². The average molecular weight is 300 g/mol. The van der Waals surface area contributed by atoms with E-state index in [9.17, 15) is 8.78 Å². The van der Waals surface area contributed by atoms with Gasteiger partial charge in [0.2, 0.25) is 0 Å². The van der Waals surface area contributed by atoms with E-state index in [4.69, 9.17) is 22.7 Å². The molecule has 0 radical (unpaired) electrons. The molecule has 1 saturated heterocycles. The molecule has 6 heteroatoms. The first-order valence-electron chi connectivity index (χ1n) is 6.68. The molecule has 110 valence electrons. The summed E-state index contributed by atoms with van der Waals surface area (Å²) in [5.41, 5.74) is 5.61. The zero-order chi connectivity index (χ0) is 14.7. The number of hydrogen-bond donors (Lipinski definition) is 1. The Morgan fingerprint density at radius 3 is 2.35 bits per heavy atom. The van der Waals surface area contributed by atoms with E-state index < -0.39 is 11.6 Å². The third kappa shape index (κ3) is 3.24. The van der Waals surface area contributed by atoms with Crippen molar-refractivity contribution in [2.75, 3.05) is 24.6 Å². The van der Waals surface area contributed by atoms with Gasteiger partial charge in [0, 0.05) is 25.3 Å². The number of halogens is 2. The SMILES string of the molecule is CCOC1CCN(c2c(F)cc(C(N)=S)cc2F)CC1. The van der Waals surface area contributed by atoms with E-state index in [1.165, 1.54) is 12.1 Å². The van der Waals surface area contributed by atoms with Crippen LogP contribution in [0.25, 0.3) is 0 Å². The molecule has 1 fully saturated rings. The minimum absolute atomic E-state index is 0.0000477. The summed E-state index contributed by atoms with van der Waals surface area (Å²) < 4.78 is 33.7. The highest BCUT2D eigenvalue weighted by Gasteiger charge is 2.24. The Hall–Kier alpha value is -1.27. The minimum Gasteiger partial charge on any atom is -0.389 e. The van der Waals surface area contributed by atoms with Gasteiger partial charge < -0.3 is 15.4 Å². The molecule has 0 aliphatic carbocycles. The fraction of sp³-hybridized carbons (Fsp3) is 0.500. The lowest BCUT2D eigenvalue weighted by Crippen LogP contribution is -2.38. The molecule has 1 aromatic carbocycles. The topological polar surface area (TPSA) is 38.5 Å². The molecule has 20 heavy (non-hydrogen) atoms. The quantitative estimate of drug-likeness (QED) is 0.868. The molecule has 0 atom stereocenters. The van der Waals surface area contributed by atoms with Crippen LogP contribution in [-0.4, -0.2) is 30.8 Å². The number of hydrogen-bond acceptors (Lipinski definition) is 3. The summed E-state index contributed by atoms with van der Waals surface area (Å²) in [6.07, 6.45) is 1.71. The summed E-state index contributed by atoms with van der Waals surface area (Å²) in [6.45, 7) is 3.76. The molecular formula is C14H18F2N2OS. The second-order valence-electron chi connectivity index (χ2n) is 4.79. The van der Waals surface area contributed by atoms with Crippen molar-refractivity contribution in [2.45, 2.75) is 25.9 Å². The van der Waals surface area contributed by atoms with Gasteiger partial charge in [-0.3, -0.25) is 0 Å². The Balaban J connectivity index is 2.16. The number of rotatable bonds is 4. The minimum atomic E-state index is -0.623. The summed E-state index contributed by atoms with van der Waals surface area (Å²) in [6, 6.07) is 2.38. The largest absolute Gasteiger partial charge is 0.389 e. The predicted octanol–water partition coefficient (Wildman–Crippen LogP) is 2.60. The molecule has 1 aromatic rings. The van der Waals surface area contributed by atoms with E-state index in [-0.39, 0.29) is 22.3 Å². The van der Waals surface area contributed by atoms with Crippen LogP contribution in [0.5, 0.6) is 0 Å². The third-order valence-corrected chi connectivity index (χ3v) is 3.70. The highest BCUT2D eigenvalue weighted by atomic mass is 32.1. The summed E-state index contributed by atoms with van der Waals surface area (Å²) in [4.78, 5) is 1.70. The van der Waals surface area contributed by atoms with E-state index in [2.05, 4.69) is 0 Å². The van der Waals surface area contributed by atoms with Crippen LogP contribution in [0.4, 0.5) is 14.5 Å². The number of thiocarbonyl (C=S) groups is 1. The molecule has 0 aromatic heterocycles. The zero-order valence-corrected chi connectivity index (χ0v) is 12.2. The first-order valence-corrected chi connectivity index (χ1v) is 7.09. The summed E-state index contributed by atoms with van der Waals surface area (Å²) >= 11 is 4.74. The smallest absolute Gasteiger partial charge is 0.150 e. The lowest BCUT2D eigenvalue weighted by molar-refractivity contribution is 0.0457. The van der Waals surface area contributed by atoms with E-state index in [0.29, 0.717) is 19.7 Å². The Kier molecular flexibility index (Phi) is 4.88. The van der Waals surface area contributed by atoms with Gasteiger partial charge in [0.05, 0.1) is 6.10 Å². The molecular weight excluding hydrogens is 282 g/mol. The van der Waals surface area contributed by atoms with Crippen molar-refractivity contribution >= 4 is 22.9 Å². The molecule has 0 amide bonds. The van der Waals surface area contributed by atoms with Crippen molar-refractivity contribution < 1.29 is 13.5 Å². The van der Waals surface area contributed by atoms with E-state index in [1.807, 2.05) is 6.92 Å². The highest BCUT2D eigenvalue weighted by Crippen LogP contribution is 2.28.